The molecule has 1 aromatic heterocycles. The molecular formula is C23H32N4O2. The third kappa shape index (κ3) is 4.81. The van der Waals surface area contributed by atoms with E-state index in [2.05, 4.69) is 20.5 Å². The van der Waals surface area contributed by atoms with Gasteiger partial charge in [-0.3, -0.25) is 4.79 Å². The second-order valence-electron chi connectivity index (χ2n) is 8.24. The largest absolute Gasteiger partial charge is 0.493 e. The van der Waals surface area contributed by atoms with Crippen molar-refractivity contribution in [3.05, 3.63) is 36.7 Å². The maximum absolute atomic E-state index is 12.0. The fourth-order valence-corrected chi connectivity index (χ4v) is 4.42. The minimum Gasteiger partial charge on any atom is -0.493 e. The van der Waals surface area contributed by atoms with Crippen LogP contribution in [0.5, 0.6) is 5.75 Å². The van der Waals surface area contributed by atoms with Crippen LogP contribution < -0.4 is 4.74 Å². The molecule has 2 aromatic rings. The van der Waals surface area contributed by atoms with Crippen LogP contribution in [-0.4, -0.2) is 65.1 Å². The zero-order valence-corrected chi connectivity index (χ0v) is 17.4. The van der Waals surface area contributed by atoms with E-state index in [0.29, 0.717) is 6.42 Å². The van der Waals surface area contributed by atoms with E-state index in [4.69, 9.17) is 4.74 Å². The van der Waals surface area contributed by atoms with Gasteiger partial charge in [0.25, 0.3) is 0 Å². The molecule has 0 radical (unpaired) electrons. The summed E-state index contributed by atoms with van der Waals surface area (Å²) in [6.45, 7) is 5.13. The van der Waals surface area contributed by atoms with E-state index in [0.717, 1.165) is 36.7 Å². The Labute approximate surface area is 173 Å². The first-order chi connectivity index (χ1) is 14.2. The van der Waals surface area contributed by atoms with Crippen LogP contribution in [-0.2, 0) is 4.79 Å². The summed E-state index contributed by atoms with van der Waals surface area (Å²) >= 11 is 0. The van der Waals surface area contributed by atoms with Crippen LogP contribution in [0, 0.1) is 0 Å². The Morgan fingerprint density at radius 2 is 1.97 bits per heavy atom. The Bertz CT molecular complexity index is 813. The highest BCUT2D eigenvalue weighted by Crippen LogP contribution is 2.33. The van der Waals surface area contributed by atoms with E-state index in [1.807, 2.05) is 37.6 Å². The van der Waals surface area contributed by atoms with E-state index in [1.54, 1.807) is 4.90 Å². The normalized spacial score (nSPS) is 20.4. The fourth-order valence-electron chi connectivity index (χ4n) is 4.42. The molecule has 156 valence electrons. The van der Waals surface area contributed by atoms with Gasteiger partial charge in [0.05, 0.1) is 18.2 Å². The van der Waals surface area contributed by atoms with Gasteiger partial charge in [-0.1, -0.05) is 18.6 Å². The van der Waals surface area contributed by atoms with Crippen LogP contribution in [0.4, 0.5) is 0 Å². The van der Waals surface area contributed by atoms with E-state index in [1.165, 1.54) is 45.3 Å². The Kier molecular flexibility index (Phi) is 6.49. The quantitative estimate of drug-likeness (QED) is 0.640. The molecule has 29 heavy (non-hydrogen) atoms. The minimum absolute atomic E-state index is 0.127. The molecule has 0 bridgehead atoms. The molecule has 0 saturated carbocycles. The van der Waals surface area contributed by atoms with E-state index in [-0.39, 0.29) is 11.9 Å². The molecule has 2 aliphatic rings. The van der Waals surface area contributed by atoms with Gasteiger partial charge in [0.2, 0.25) is 5.91 Å². The molecular weight excluding hydrogens is 364 g/mol. The van der Waals surface area contributed by atoms with Crippen molar-refractivity contribution in [1.82, 2.24) is 19.4 Å². The summed E-state index contributed by atoms with van der Waals surface area (Å²) < 4.78 is 8.29. The van der Waals surface area contributed by atoms with Gasteiger partial charge >= 0.3 is 0 Å². The summed E-state index contributed by atoms with van der Waals surface area (Å²) in [5.41, 5.74) is 0.996. The first-order valence-corrected chi connectivity index (χ1v) is 10.9. The molecule has 1 unspecified atom stereocenters. The van der Waals surface area contributed by atoms with Crippen LogP contribution in [0.2, 0.25) is 0 Å². The van der Waals surface area contributed by atoms with Crippen LogP contribution in [0.25, 0.3) is 11.4 Å². The number of likely N-dealkylation sites (N-methyl/N-ethyl adjacent to an activating group) is 1. The van der Waals surface area contributed by atoms with Crippen molar-refractivity contribution in [2.24, 2.45) is 0 Å². The lowest BCUT2D eigenvalue weighted by Crippen LogP contribution is -2.30. The van der Waals surface area contributed by atoms with Crippen molar-refractivity contribution in [2.75, 3.05) is 39.8 Å². The Hall–Kier alpha value is -2.34. The predicted molar refractivity (Wildman–Crippen MR) is 114 cm³/mol. The maximum atomic E-state index is 12.0. The third-order valence-corrected chi connectivity index (χ3v) is 6.09. The van der Waals surface area contributed by atoms with Crippen LogP contribution in [0.3, 0.4) is 0 Å². The molecule has 4 rings (SSSR count). The smallest absolute Gasteiger partial charge is 0.224 e. The van der Waals surface area contributed by atoms with Crippen molar-refractivity contribution in [1.29, 1.82) is 0 Å². The molecule has 1 atom stereocenters. The Morgan fingerprint density at radius 3 is 2.76 bits per heavy atom. The number of unbranched alkanes of at least 4 members (excludes halogenated alkanes) is 1. The lowest BCUT2D eigenvalue weighted by Gasteiger charge is -2.26. The summed E-state index contributed by atoms with van der Waals surface area (Å²) in [5, 5.41) is 0. The number of hydrogen-bond acceptors (Lipinski definition) is 4. The molecule has 0 aliphatic carbocycles. The number of nitrogens with zero attached hydrogens (tertiary/aromatic N) is 4. The number of benzene rings is 1. The first kappa shape index (κ1) is 20.0. The van der Waals surface area contributed by atoms with Gasteiger partial charge in [-0.15, -0.1) is 0 Å². The Morgan fingerprint density at radius 1 is 1.14 bits per heavy atom. The van der Waals surface area contributed by atoms with Gasteiger partial charge in [0.15, 0.2) is 0 Å². The Balaban J connectivity index is 1.36. The molecule has 6 nitrogen and oxygen atoms in total. The number of piperidine rings is 1. The zero-order chi connectivity index (χ0) is 20.1. The van der Waals surface area contributed by atoms with Crippen LogP contribution in [0.1, 0.15) is 44.6 Å². The van der Waals surface area contributed by atoms with Crippen molar-refractivity contribution in [3.63, 3.8) is 0 Å². The van der Waals surface area contributed by atoms with E-state index >= 15 is 0 Å². The molecule has 0 N–H and O–H groups in total. The van der Waals surface area contributed by atoms with Gasteiger partial charge in [-0.2, -0.15) is 0 Å². The minimum atomic E-state index is 0.127. The van der Waals surface area contributed by atoms with E-state index in [9.17, 15) is 4.79 Å². The highest BCUT2D eigenvalue weighted by atomic mass is 16.5. The number of rotatable bonds is 8. The molecule has 2 saturated heterocycles. The fraction of sp³-hybridized carbons (Fsp3) is 0.565. The summed E-state index contributed by atoms with van der Waals surface area (Å²) in [5.74, 6) is 1.94. The monoisotopic (exact) mass is 396 g/mol. The molecule has 1 amide bonds. The van der Waals surface area contributed by atoms with Gasteiger partial charge in [-0.25, -0.2) is 4.98 Å². The molecule has 1 aromatic carbocycles. The van der Waals surface area contributed by atoms with Gasteiger partial charge in [0.1, 0.15) is 11.6 Å². The molecule has 2 aliphatic heterocycles. The third-order valence-electron chi connectivity index (χ3n) is 6.09. The van der Waals surface area contributed by atoms with Crippen LogP contribution >= 0.6 is 0 Å². The molecule has 0 spiro atoms. The highest BCUT2D eigenvalue weighted by molar-refractivity contribution is 5.79. The average molecular weight is 397 g/mol. The summed E-state index contributed by atoms with van der Waals surface area (Å²) in [4.78, 5) is 20.9. The maximum Gasteiger partial charge on any atom is 0.224 e. The number of aromatic nitrogens is 2. The zero-order valence-electron chi connectivity index (χ0n) is 17.4. The number of amides is 1. The number of imidazole rings is 1. The summed E-state index contributed by atoms with van der Waals surface area (Å²) in [7, 11) is 1.86. The SMILES string of the molecule is CN1CC(n2ccnc2-c2ccccc2OCCCCN2CCCCC2)CC1=O. The summed E-state index contributed by atoms with van der Waals surface area (Å²) in [6, 6.07) is 8.23. The van der Waals surface area contributed by atoms with Gasteiger partial charge < -0.3 is 19.1 Å². The lowest BCUT2D eigenvalue weighted by atomic mass is 10.1. The lowest BCUT2D eigenvalue weighted by molar-refractivity contribution is -0.126. The van der Waals surface area contributed by atoms with Crippen LogP contribution in [0.15, 0.2) is 36.7 Å². The number of likely N-dealkylation sites (tertiary alicyclic amines) is 2. The topological polar surface area (TPSA) is 50.6 Å². The van der Waals surface area contributed by atoms with Crippen molar-refractivity contribution < 1.29 is 9.53 Å². The molecule has 6 heteroatoms. The first-order valence-electron chi connectivity index (χ1n) is 10.9. The number of carbonyl (C=O) groups excluding carboxylic acids is 1. The number of para-hydroxylation sites is 1. The number of hydrogen-bond donors (Lipinski definition) is 0. The molecule has 2 fully saturated rings. The number of carbonyl (C=O) groups is 1. The van der Waals surface area contributed by atoms with Crippen molar-refractivity contribution in [3.8, 4) is 17.1 Å². The van der Waals surface area contributed by atoms with Crippen molar-refractivity contribution in [2.45, 2.75) is 44.6 Å². The second kappa shape index (κ2) is 9.44. The average Bonchev–Trinajstić information content (AvgIpc) is 3.35. The standard InChI is InChI=1S/C23H32N4O2/c1-25-18-19(17-22(25)28)27-15-11-24-23(27)20-9-3-4-10-21(20)29-16-8-7-14-26-12-5-2-6-13-26/h3-4,9-11,15,19H,2,5-8,12-14,16-18H2,1H3. The van der Waals surface area contributed by atoms with Gasteiger partial charge in [0, 0.05) is 32.4 Å². The summed E-state index contributed by atoms with van der Waals surface area (Å²) in [6.07, 6.45) is 10.6. The predicted octanol–water partition coefficient (Wildman–Crippen LogP) is 3.60. The van der Waals surface area contributed by atoms with E-state index < -0.39 is 0 Å². The van der Waals surface area contributed by atoms with Crippen molar-refractivity contribution >= 4 is 5.91 Å². The number of ether oxygens (including phenoxy) is 1. The second-order valence-corrected chi connectivity index (χ2v) is 8.24. The van der Waals surface area contributed by atoms with Gasteiger partial charge in [-0.05, 0) is 57.5 Å². The highest BCUT2D eigenvalue weighted by Gasteiger charge is 2.29. The molecule has 3 heterocycles.